The van der Waals surface area contributed by atoms with E-state index in [9.17, 15) is 18.0 Å². The average molecular weight is 573 g/mol. The number of aromatic nitrogens is 1. The number of carbonyl (C=O) groups excluding carboxylic acids is 1. The van der Waals surface area contributed by atoms with E-state index in [1.165, 1.54) is 12.1 Å². The molecular formula is C31H28N2O5S2. The van der Waals surface area contributed by atoms with Gasteiger partial charge in [0.25, 0.3) is 5.56 Å². The second kappa shape index (κ2) is 10.7. The third kappa shape index (κ3) is 4.82. The minimum atomic E-state index is -4.25. The number of benzene rings is 3. The van der Waals surface area contributed by atoms with E-state index < -0.39 is 27.3 Å². The van der Waals surface area contributed by atoms with E-state index in [2.05, 4.69) is 0 Å². The highest BCUT2D eigenvalue weighted by Crippen LogP contribution is 2.42. The van der Waals surface area contributed by atoms with Crippen molar-refractivity contribution < 1.29 is 17.9 Å². The topological polar surface area (TPSA) is 108 Å². The minimum Gasteiger partial charge on any atom is -0.463 e. The molecule has 0 spiro atoms. The predicted octanol–water partition coefficient (Wildman–Crippen LogP) is 3.43. The molecule has 1 atom stereocenters. The van der Waals surface area contributed by atoms with E-state index in [1.807, 2.05) is 50.2 Å². The lowest BCUT2D eigenvalue weighted by Gasteiger charge is -2.28. The fraction of sp³-hybridized carbons (Fsp3) is 0.161. The summed E-state index contributed by atoms with van der Waals surface area (Å²) in [6.07, 6.45) is 1.71. The Labute approximate surface area is 236 Å². The molecule has 9 heteroatoms. The number of sulfone groups is 1. The van der Waals surface area contributed by atoms with Crippen LogP contribution in [0.3, 0.4) is 0 Å². The second-order valence-corrected chi connectivity index (χ2v) is 12.5. The number of esters is 1. The van der Waals surface area contributed by atoms with Crippen molar-refractivity contribution in [1.82, 2.24) is 4.57 Å². The van der Waals surface area contributed by atoms with Crippen molar-refractivity contribution in [1.29, 1.82) is 0 Å². The largest absolute Gasteiger partial charge is 0.463 e. The zero-order valence-corrected chi connectivity index (χ0v) is 23.9. The van der Waals surface area contributed by atoms with Crippen molar-refractivity contribution >= 4 is 44.6 Å². The first-order chi connectivity index (χ1) is 19.1. The summed E-state index contributed by atoms with van der Waals surface area (Å²) in [5, 5.41) is 0. The summed E-state index contributed by atoms with van der Waals surface area (Å²) >= 11 is 1.09. The van der Waals surface area contributed by atoms with Crippen molar-refractivity contribution in [3.8, 4) is 0 Å². The van der Waals surface area contributed by atoms with E-state index in [4.69, 9.17) is 10.5 Å². The molecule has 1 aromatic heterocycles. The molecule has 1 aliphatic rings. The summed E-state index contributed by atoms with van der Waals surface area (Å²) in [5.74, 6) is -2.03. The molecule has 0 radical (unpaired) electrons. The Balaban J connectivity index is 1.92. The van der Waals surface area contributed by atoms with E-state index in [1.54, 1.807) is 43.3 Å². The van der Waals surface area contributed by atoms with Crippen molar-refractivity contribution in [2.24, 2.45) is 5.73 Å². The first-order valence-corrected chi connectivity index (χ1v) is 15.0. The van der Waals surface area contributed by atoms with Gasteiger partial charge in [-0.1, -0.05) is 77.9 Å². The molecule has 204 valence electrons. The normalized spacial score (nSPS) is 15.7. The molecule has 0 saturated carbocycles. The Morgan fingerprint density at radius 2 is 1.57 bits per heavy atom. The molecule has 7 nitrogen and oxygen atoms in total. The highest BCUT2D eigenvalue weighted by atomic mass is 32.2. The number of aryl methyl sites for hydroxylation is 2. The van der Waals surface area contributed by atoms with E-state index in [0.717, 1.165) is 32.6 Å². The number of ether oxygens (including phenoxy) is 1. The van der Waals surface area contributed by atoms with Crippen LogP contribution in [0.25, 0.3) is 17.5 Å². The lowest BCUT2D eigenvalue weighted by Crippen LogP contribution is -2.41. The van der Waals surface area contributed by atoms with Crippen LogP contribution in [0.4, 0.5) is 0 Å². The first kappa shape index (κ1) is 27.4. The minimum absolute atomic E-state index is 0.00596. The molecular weight excluding hydrogens is 544 g/mol. The maximum Gasteiger partial charge on any atom is 0.338 e. The van der Waals surface area contributed by atoms with Gasteiger partial charge in [0.05, 0.1) is 27.5 Å². The lowest BCUT2D eigenvalue weighted by molar-refractivity contribution is -0.136. The molecule has 40 heavy (non-hydrogen) atoms. The lowest BCUT2D eigenvalue weighted by atomic mass is 9.89. The van der Waals surface area contributed by atoms with Gasteiger partial charge in [-0.05, 0) is 50.1 Å². The molecule has 4 aromatic rings. The van der Waals surface area contributed by atoms with E-state index in [0.29, 0.717) is 10.1 Å². The number of thiazole rings is 1. The molecule has 2 heterocycles. The fourth-order valence-electron chi connectivity index (χ4n) is 4.72. The van der Waals surface area contributed by atoms with Crippen molar-refractivity contribution in [2.75, 3.05) is 6.61 Å². The van der Waals surface area contributed by atoms with Gasteiger partial charge in [0.1, 0.15) is 15.4 Å². The molecule has 0 saturated heterocycles. The summed E-state index contributed by atoms with van der Waals surface area (Å²) < 4.78 is 35.5. The molecule has 0 bridgehead atoms. The number of allylic oxidation sites excluding steroid dienone is 1. The van der Waals surface area contributed by atoms with Crippen LogP contribution >= 0.6 is 11.3 Å². The highest BCUT2D eigenvalue weighted by Gasteiger charge is 2.42. The van der Waals surface area contributed by atoms with Crippen molar-refractivity contribution in [2.45, 2.75) is 31.6 Å². The third-order valence-corrected chi connectivity index (χ3v) is 9.75. The average Bonchev–Trinajstić information content (AvgIpc) is 3.26. The predicted molar refractivity (Wildman–Crippen MR) is 158 cm³/mol. The molecule has 0 amide bonds. The van der Waals surface area contributed by atoms with Crippen LogP contribution in [-0.2, 0) is 19.4 Å². The molecule has 0 unspecified atom stereocenters. The SMILES string of the molecule is CCOC(=O)C1=c2s/c(=C/c3ccc(C)cc3)c(=O)n2C(N)=C(S(=O)(=O)c2ccccc2)[C@@H]1c1ccc(C)cc1. The number of hydrogen-bond donors (Lipinski definition) is 1. The summed E-state index contributed by atoms with van der Waals surface area (Å²) in [6.45, 7) is 5.62. The number of fused-ring (bicyclic) bond motifs is 1. The summed E-state index contributed by atoms with van der Waals surface area (Å²) in [6, 6.07) is 22.7. The summed E-state index contributed by atoms with van der Waals surface area (Å²) in [7, 11) is -4.25. The molecule has 2 N–H and O–H groups in total. The molecule has 0 fully saturated rings. The van der Waals surface area contributed by atoms with Gasteiger partial charge in [-0.3, -0.25) is 9.36 Å². The van der Waals surface area contributed by atoms with Crippen LogP contribution in [-0.4, -0.2) is 25.6 Å². The van der Waals surface area contributed by atoms with Gasteiger partial charge < -0.3 is 10.5 Å². The Morgan fingerprint density at radius 1 is 0.975 bits per heavy atom. The summed E-state index contributed by atoms with van der Waals surface area (Å²) in [5.41, 5.74) is 9.53. The number of hydrogen-bond acceptors (Lipinski definition) is 7. The Bertz CT molecular complexity index is 1920. The standard InChI is InChI=1S/C31H28N2O5S2/c1-4-38-31(35)26-25(22-16-12-20(3)13-17-22)27(40(36,37)23-8-6-5-7-9-23)28(32)33-29(34)24(39-30(26)33)18-21-14-10-19(2)11-15-21/h5-18,25H,4,32H2,1-3H3/b24-18+/t25-/m1/s1. The zero-order valence-electron chi connectivity index (χ0n) is 22.2. The maximum absolute atomic E-state index is 14.2. The Morgan fingerprint density at radius 3 is 2.17 bits per heavy atom. The number of carbonyl (C=O) groups is 1. The van der Waals surface area contributed by atoms with Gasteiger partial charge in [-0.2, -0.15) is 0 Å². The molecule has 3 aromatic carbocycles. The fourth-order valence-corrected chi connectivity index (χ4v) is 7.58. The summed E-state index contributed by atoms with van der Waals surface area (Å²) in [4.78, 5) is 27.2. The van der Waals surface area contributed by atoms with E-state index in [-0.39, 0.29) is 32.5 Å². The van der Waals surface area contributed by atoms with Gasteiger partial charge >= 0.3 is 5.97 Å². The first-order valence-electron chi connectivity index (χ1n) is 12.7. The van der Waals surface area contributed by atoms with Crippen molar-refractivity contribution in [3.05, 3.63) is 126 Å². The highest BCUT2D eigenvalue weighted by molar-refractivity contribution is 7.95. The van der Waals surface area contributed by atoms with E-state index >= 15 is 0 Å². The van der Waals surface area contributed by atoms with Gasteiger partial charge in [0.15, 0.2) is 0 Å². The zero-order chi connectivity index (χ0) is 28.6. The third-order valence-electron chi connectivity index (χ3n) is 6.72. The van der Waals surface area contributed by atoms with Gasteiger partial charge in [0, 0.05) is 0 Å². The molecule has 0 aliphatic carbocycles. The van der Waals surface area contributed by atoms with Gasteiger partial charge in [-0.25, -0.2) is 13.2 Å². The van der Waals surface area contributed by atoms with Crippen LogP contribution in [0.1, 0.15) is 35.1 Å². The van der Waals surface area contributed by atoms with Crippen molar-refractivity contribution in [3.63, 3.8) is 0 Å². The molecule has 1 aliphatic heterocycles. The maximum atomic E-state index is 14.2. The Hall–Kier alpha value is -4.21. The monoisotopic (exact) mass is 572 g/mol. The van der Waals surface area contributed by atoms with Gasteiger partial charge in [0.2, 0.25) is 9.84 Å². The van der Waals surface area contributed by atoms with Crippen LogP contribution < -0.4 is 20.5 Å². The van der Waals surface area contributed by atoms with Gasteiger partial charge in [-0.15, -0.1) is 11.3 Å². The smallest absolute Gasteiger partial charge is 0.338 e. The second-order valence-electron chi connectivity index (χ2n) is 9.51. The number of nitrogens with zero attached hydrogens (tertiary/aromatic N) is 1. The quantitative estimate of drug-likeness (QED) is 0.355. The number of rotatable bonds is 6. The van der Waals surface area contributed by atoms with Crippen LogP contribution in [0, 0.1) is 13.8 Å². The van der Waals surface area contributed by atoms with Crippen LogP contribution in [0.2, 0.25) is 0 Å². The Kier molecular flexibility index (Phi) is 7.35. The van der Waals surface area contributed by atoms with Crippen LogP contribution in [0.15, 0.2) is 93.5 Å². The number of nitrogens with two attached hydrogens (primary N) is 1. The molecule has 5 rings (SSSR count). The van der Waals surface area contributed by atoms with Crippen LogP contribution in [0.5, 0.6) is 0 Å².